The summed E-state index contributed by atoms with van der Waals surface area (Å²) in [6.07, 6.45) is 56.4. The van der Waals surface area contributed by atoms with E-state index in [2.05, 4.69) is 93.7 Å². The van der Waals surface area contributed by atoms with Gasteiger partial charge in [-0.05, 0) is 83.5 Å². The van der Waals surface area contributed by atoms with E-state index in [0.29, 0.717) is 19.4 Å². The van der Waals surface area contributed by atoms with Gasteiger partial charge in [-0.2, -0.15) is 0 Å². The van der Waals surface area contributed by atoms with Gasteiger partial charge in [0.05, 0.1) is 6.61 Å². The Morgan fingerprint density at radius 3 is 1.41 bits per heavy atom. The van der Waals surface area contributed by atoms with E-state index in [9.17, 15) is 9.59 Å². The number of carbonyl (C=O) groups is 2. The van der Waals surface area contributed by atoms with Crippen LogP contribution in [0.5, 0.6) is 0 Å². The van der Waals surface area contributed by atoms with Gasteiger partial charge >= 0.3 is 11.9 Å². The third-order valence-corrected chi connectivity index (χ3v) is 9.21. The van der Waals surface area contributed by atoms with Crippen molar-refractivity contribution in [2.24, 2.45) is 0 Å². The summed E-state index contributed by atoms with van der Waals surface area (Å²) in [6.45, 7) is 7.53. The molecule has 0 aromatic carbocycles. The zero-order valence-electron chi connectivity index (χ0n) is 35.5. The number of ether oxygens (including phenoxy) is 3. The van der Waals surface area contributed by atoms with Gasteiger partial charge in [-0.3, -0.25) is 9.59 Å². The van der Waals surface area contributed by atoms with Crippen molar-refractivity contribution in [1.82, 2.24) is 0 Å². The monoisotopic (exact) mass is 753 g/mol. The maximum Gasteiger partial charge on any atom is 0.306 e. The molecular formula is C49H84O5. The quantitative estimate of drug-likeness (QED) is 0.0354. The minimum atomic E-state index is -0.544. The lowest BCUT2D eigenvalue weighted by molar-refractivity contribution is -0.163. The summed E-state index contributed by atoms with van der Waals surface area (Å²) in [5, 5.41) is 0. The molecule has 0 saturated carbocycles. The normalized spacial score (nSPS) is 12.9. The van der Waals surface area contributed by atoms with Gasteiger partial charge in [-0.15, -0.1) is 0 Å². The van der Waals surface area contributed by atoms with Gasteiger partial charge < -0.3 is 14.2 Å². The van der Waals surface area contributed by atoms with Crippen LogP contribution in [-0.2, 0) is 23.8 Å². The lowest BCUT2D eigenvalue weighted by atomic mass is 10.1. The Hall–Kier alpha value is -2.66. The second-order valence-corrected chi connectivity index (χ2v) is 14.6. The van der Waals surface area contributed by atoms with Crippen molar-refractivity contribution in [1.29, 1.82) is 0 Å². The summed E-state index contributed by atoms with van der Waals surface area (Å²) >= 11 is 0. The minimum absolute atomic E-state index is 0.0706. The zero-order chi connectivity index (χ0) is 39.3. The molecule has 0 fully saturated rings. The molecule has 5 nitrogen and oxygen atoms in total. The van der Waals surface area contributed by atoms with E-state index < -0.39 is 6.10 Å². The molecule has 54 heavy (non-hydrogen) atoms. The maximum atomic E-state index is 12.5. The van der Waals surface area contributed by atoms with E-state index in [0.717, 1.165) is 89.9 Å². The summed E-state index contributed by atoms with van der Waals surface area (Å²) in [6, 6.07) is 0. The van der Waals surface area contributed by atoms with Gasteiger partial charge in [0, 0.05) is 19.4 Å². The van der Waals surface area contributed by atoms with Crippen LogP contribution in [0.15, 0.2) is 72.9 Å². The molecule has 0 aromatic rings. The molecule has 0 aliphatic carbocycles. The minimum Gasteiger partial charge on any atom is -0.462 e. The van der Waals surface area contributed by atoms with E-state index in [-0.39, 0.29) is 25.2 Å². The molecule has 0 bridgehead atoms. The Balaban J connectivity index is 4.10. The zero-order valence-corrected chi connectivity index (χ0v) is 35.5. The number of carbonyl (C=O) groups excluding carboxylic acids is 2. The molecule has 0 rings (SSSR count). The molecule has 0 spiro atoms. The van der Waals surface area contributed by atoms with Crippen LogP contribution in [0.2, 0.25) is 0 Å². The molecule has 0 N–H and O–H groups in total. The lowest BCUT2D eigenvalue weighted by Gasteiger charge is -2.18. The first kappa shape index (κ1) is 51.3. The van der Waals surface area contributed by atoms with E-state index in [1.54, 1.807) is 0 Å². The van der Waals surface area contributed by atoms with Crippen molar-refractivity contribution in [3.8, 4) is 0 Å². The fourth-order valence-corrected chi connectivity index (χ4v) is 5.89. The predicted molar refractivity (Wildman–Crippen MR) is 233 cm³/mol. The summed E-state index contributed by atoms with van der Waals surface area (Å²) in [5.74, 6) is -0.435. The van der Waals surface area contributed by atoms with Gasteiger partial charge in [-0.25, -0.2) is 0 Å². The molecule has 0 radical (unpaired) electrons. The van der Waals surface area contributed by atoms with Crippen molar-refractivity contribution >= 4 is 11.9 Å². The fraction of sp³-hybridized carbons (Fsp3) is 0.714. The Morgan fingerprint density at radius 2 is 0.870 bits per heavy atom. The molecule has 1 unspecified atom stereocenters. The average molecular weight is 753 g/mol. The standard InChI is InChI=1S/C49H84O5/c1-4-7-10-13-15-17-19-21-23-24-25-26-27-28-30-32-34-37-39-42-48(50)53-46-47(54-49(51)43-40-36-12-9-6-3)45-52-44-41-38-35-33-31-29-22-20-18-16-14-11-8-5-2/h7,10-11,14-15,17-18,20-21,23,25-26,47H,4-6,8-9,12-13,16,19,22,24,27-46H2,1-3H3/b10-7-,14-11-,17-15-,20-18-,23-21-,26-25-. The van der Waals surface area contributed by atoms with Crippen LogP contribution in [-0.4, -0.2) is 37.9 Å². The summed E-state index contributed by atoms with van der Waals surface area (Å²) in [7, 11) is 0. The van der Waals surface area contributed by atoms with Crippen LogP contribution in [0, 0.1) is 0 Å². The van der Waals surface area contributed by atoms with Crippen molar-refractivity contribution in [3.05, 3.63) is 72.9 Å². The number of allylic oxidation sites excluding steroid dienone is 12. The van der Waals surface area contributed by atoms with E-state index >= 15 is 0 Å². The Morgan fingerprint density at radius 1 is 0.426 bits per heavy atom. The molecule has 0 aliphatic heterocycles. The van der Waals surface area contributed by atoms with Crippen molar-refractivity contribution in [2.45, 2.75) is 207 Å². The van der Waals surface area contributed by atoms with Crippen molar-refractivity contribution in [3.63, 3.8) is 0 Å². The fourth-order valence-electron chi connectivity index (χ4n) is 5.89. The van der Waals surface area contributed by atoms with Crippen LogP contribution < -0.4 is 0 Å². The molecule has 0 saturated heterocycles. The lowest BCUT2D eigenvalue weighted by Crippen LogP contribution is -2.30. The molecular weight excluding hydrogens is 669 g/mol. The van der Waals surface area contributed by atoms with Gasteiger partial charge in [0.25, 0.3) is 0 Å². The third kappa shape index (κ3) is 42.1. The Labute approximate surface area is 334 Å². The Bertz CT molecular complexity index is 988. The van der Waals surface area contributed by atoms with Crippen LogP contribution in [0.1, 0.15) is 201 Å². The molecule has 1 atom stereocenters. The predicted octanol–water partition coefficient (Wildman–Crippen LogP) is 14.8. The Kier molecular flexibility index (Phi) is 42.5. The van der Waals surface area contributed by atoms with E-state index in [1.165, 1.54) is 77.0 Å². The first-order valence-corrected chi connectivity index (χ1v) is 22.5. The smallest absolute Gasteiger partial charge is 0.306 e. The average Bonchev–Trinajstić information content (AvgIpc) is 3.17. The topological polar surface area (TPSA) is 61.8 Å². The summed E-state index contributed by atoms with van der Waals surface area (Å²) in [5.41, 5.74) is 0. The number of hydrogen-bond donors (Lipinski definition) is 0. The number of esters is 2. The second-order valence-electron chi connectivity index (χ2n) is 14.6. The van der Waals surface area contributed by atoms with Crippen LogP contribution >= 0.6 is 0 Å². The molecule has 0 amide bonds. The highest BCUT2D eigenvalue weighted by Gasteiger charge is 2.17. The first-order chi connectivity index (χ1) is 26.6. The van der Waals surface area contributed by atoms with Crippen LogP contribution in [0.25, 0.3) is 0 Å². The van der Waals surface area contributed by atoms with Crippen LogP contribution in [0.3, 0.4) is 0 Å². The molecule has 5 heteroatoms. The second kappa shape index (κ2) is 44.7. The highest BCUT2D eigenvalue weighted by atomic mass is 16.6. The number of rotatable bonds is 40. The van der Waals surface area contributed by atoms with Crippen molar-refractivity contribution in [2.75, 3.05) is 19.8 Å². The molecule has 0 aliphatic rings. The summed E-state index contributed by atoms with van der Waals surface area (Å²) < 4.78 is 17.2. The van der Waals surface area contributed by atoms with Crippen LogP contribution in [0.4, 0.5) is 0 Å². The first-order valence-electron chi connectivity index (χ1n) is 22.5. The third-order valence-electron chi connectivity index (χ3n) is 9.21. The summed E-state index contributed by atoms with van der Waals surface area (Å²) in [4.78, 5) is 25.0. The largest absolute Gasteiger partial charge is 0.462 e. The van der Waals surface area contributed by atoms with Crippen molar-refractivity contribution < 1.29 is 23.8 Å². The van der Waals surface area contributed by atoms with E-state index in [1.807, 2.05) is 0 Å². The molecule has 0 heterocycles. The SMILES string of the molecule is CC/C=C\C/C=C\C/C=C\C/C=C\CCCCCCCCC(=O)OCC(COCCCCCCCC/C=C\C/C=C\CCC)OC(=O)CCCCCCC. The van der Waals surface area contributed by atoms with Gasteiger partial charge in [0.2, 0.25) is 0 Å². The van der Waals surface area contributed by atoms with Gasteiger partial charge in [0.1, 0.15) is 6.61 Å². The number of unbranched alkanes of at least 4 members (excludes halogenated alkanes) is 17. The highest BCUT2D eigenvalue weighted by Crippen LogP contribution is 2.12. The van der Waals surface area contributed by atoms with E-state index in [4.69, 9.17) is 14.2 Å². The maximum absolute atomic E-state index is 12.5. The van der Waals surface area contributed by atoms with Gasteiger partial charge in [-0.1, -0.05) is 177 Å². The van der Waals surface area contributed by atoms with Gasteiger partial charge in [0.15, 0.2) is 6.10 Å². The number of hydrogen-bond acceptors (Lipinski definition) is 5. The molecule has 0 aromatic heterocycles. The molecule has 310 valence electrons. The highest BCUT2D eigenvalue weighted by molar-refractivity contribution is 5.70.